The lowest BCUT2D eigenvalue weighted by Crippen LogP contribution is -2.53. The van der Waals surface area contributed by atoms with Crippen LogP contribution in [-0.4, -0.2) is 39.6 Å². The molecule has 0 aliphatic carbocycles. The molecule has 2 amide bonds. The summed E-state index contributed by atoms with van der Waals surface area (Å²) < 4.78 is 0. The smallest absolute Gasteiger partial charge is 0.328 e. The zero-order valence-electron chi connectivity index (χ0n) is 10.7. The van der Waals surface area contributed by atoms with Crippen LogP contribution in [0.5, 0.6) is 0 Å². The third-order valence-electron chi connectivity index (χ3n) is 2.47. The number of hydrogen-bond donors (Lipinski definition) is 2. The van der Waals surface area contributed by atoms with Gasteiger partial charge < -0.3 is 15.3 Å². The fourth-order valence-electron chi connectivity index (χ4n) is 1.25. The van der Waals surface area contributed by atoms with Crippen molar-refractivity contribution in [2.45, 2.75) is 25.9 Å². The molecule has 0 aliphatic heterocycles. The van der Waals surface area contributed by atoms with E-state index >= 15 is 0 Å². The van der Waals surface area contributed by atoms with Crippen molar-refractivity contribution in [3.63, 3.8) is 0 Å². The number of carbonyl (C=O) groups excluding carboxylic acids is 1. The largest absolute Gasteiger partial charge is 0.480 e. The Bertz CT molecular complexity index is 431. The van der Waals surface area contributed by atoms with Crippen molar-refractivity contribution in [1.82, 2.24) is 15.2 Å². The van der Waals surface area contributed by atoms with Gasteiger partial charge in [-0.15, -0.1) is 0 Å². The number of rotatable bonds is 4. The summed E-state index contributed by atoms with van der Waals surface area (Å²) in [6.07, 6.45) is 3.28. The fourth-order valence-corrected chi connectivity index (χ4v) is 1.25. The van der Waals surface area contributed by atoms with Crippen molar-refractivity contribution in [3.05, 3.63) is 30.1 Å². The Labute approximate surface area is 106 Å². The molecular formula is C12H17N3O3. The molecule has 18 heavy (non-hydrogen) atoms. The van der Waals surface area contributed by atoms with Gasteiger partial charge in [-0.05, 0) is 31.5 Å². The van der Waals surface area contributed by atoms with Gasteiger partial charge in [0, 0.05) is 26.0 Å². The van der Waals surface area contributed by atoms with Crippen molar-refractivity contribution < 1.29 is 14.7 Å². The van der Waals surface area contributed by atoms with Gasteiger partial charge in [0.05, 0.1) is 0 Å². The van der Waals surface area contributed by atoms with E-state index in [9.17, 15) is 9.59 Å². The molecule has 2 N–H and O–H groups in total. The van der Waals surface area contributed by atoms with Gasteiger partial charge in [0.1, 0.15) is 5.54 Å². The third kappa shape index (κ3) is 3.73. The molecule has 1 heterocycles. The van der Waals surface area contributed by atoms with E-state index < -0.39 is 17.5 Å². The lowest BCUT2D eigenvalue weighted by atomic mass is 10.1. The number of urea groups is 1. The first-order valence-corrected chi connectivity index (χ1v) is 5.48. The first-order chi connectivity index (χ1) is 8.33. The number of aliphatic carboxylic acids is 1. The van der Waals surface area contributed by atoms with Gasteiger partial charge in [0.25, 0.3) is 0 Å². The molecule has 0 atom stereocenters. The van der Waals surface area contributed by atoms with Crippen LogP contribution in [0.2, 0.25) is 0 Å². The summed E-state index contributed by atoms with van der Waals surface area (Å²) in [7, 11) is 1.60. The van der Waals surface area contributed by atoms with Crippen LogP contribution >= 0.6 is 0 Å². The van der Waals surface area contributed by atoms with Crippen LogP contribution in [0, 0.1) is 0 Å². The van der Waals surface area contributed by atoms with Crippen LogP contribution in [0.25, 0.3) is 0 Å². The van der Waals surface area contributed by atoms with Gasteiger partial charge in [-0.3, -0.25) is 4.98 Å². The summed E-state index contributed by atoms with van der Waals surface area (Å²) in [5.74, 6) is -1.08. The molecule has 1 aromatic heterocycles. The Morgan fingerprint density at radius 3 is 2.44 bits per heavy atom. The molecule has 1 aromatic rings. The number of amides is 2. The summed E-state index contributed by atoms with van der Waals surface area (Å²) in [4.78, 5) is 28.0. The second-order valence-corrected chi connectivity index (χ2v) is 4.57. The predicted molar refractivity (Wildman–Crippen MR) is 66.0 cm³/mol. The van der Waals surface area contributed by atoms with E-state index in [-0.39, 0.29) is 0 Å². The Hall–Kier alpha value is -2.11. The molecule has 0 saturated heterocycles. The minimum Gasteiger partial charge on any atom is -0.480 e. The van der Waals surface area contributed by atoms with Crippen molar-refractivity contribution in [2.75, 3.05) is 7.05 Å². The number of nitrogens with one attached hydrogen (secondary N) is 1. The molecule has 6 heteroatoms. The highest BCUT2D eigenvalue weighted by Gasteiger charge is 2.29. The van der Waals surface area contributed by atoms with E-state index in [0.29, 0.717) is 6.54 Å². The molecular weight excluding hydrogens is 234 g/mol. The molecule has 1 rings (SSSR count). The minimum absolute atomic E-state index is 0.393. The summed E-state index contributed by atoms with van der Waals surface area (Å²) >= 11 is 0. The number of aromatic nitrogens is 1. The van der Waals surface area contributed by atoms with Crippen LogP contribution in [0.15, 0.2) is 24.5 Å². The van der Waals surface area contributed by atoms with Crippen molar-refractivity contribution >= 4 is 12.0 Å². The van der Waals surface area contributed by atoms with Gasteiger partial charge in [0.2, 0.25) is 0 Å². The number of pyridine rings is 1. The zero-order chi connectivity index (χ0) is 13.8. The molecule has 0 saturated carbocycles. The standard InChI is InChI=1S/C12H17N3O3/c1-12(2,10(16)17)14-11(18)15(3)8-9-4-6-13-7-5-9/h4-7H,8H2,1-3H3,(H,14,18)(H,16,17). The molecule has 0 spiro atoms. The molecule has 0 fully saturated rings. The third-order valence-corrected chi connectivity index (χ3v) is 2.47. The molecule has 0 unspecified atom stereocenters. The van der Waals surface area contributed by atoms with Crippen molar-refractivity contribution in [1.29, 1.82) is 0 Å². The molecule has 98 valence electrons. The van der Waals surface area contributed by atoms with E-state index in [4.69, 9.17) is 5.11 Å². The maximum Gasteiger partial charge on any atom is 0.328 e. The Morgan fingerprint density at radius 1 is 1.39 bits per heavy atom. The first-order valence-electron chi connectivity index (χ1n) is 5.48. The van der Waals surface area contributed by atoms with Crippen LogP contribution in [0.3, 0.4) is 0 Å². The predicted octanol–water partition coefficient (Wildman–Crippen LogP) is 1.09. The topological polar surface area (TPSA) is 82.5 Å². The lowest BCUT2D eigenvalue weighted by Gasteiger charge is -2.25. The maximum absolute atomic E-state index is 11.8. The number of carbonyl (C=O) groups is 2. The Morgan fingerprint density at radius 2 is 1.94 bits per heavy atom. The van der Waals surface area contributed by atoms with E-state index in [2.05, 4.69) is 10.3 Å². The highest BCUT2D eigenvalue weighted by Crippen LogP contribution is 2.05. The number of carboxylic acid groups (broad SMARTS) is 1. The van der Waals surface area contributed by atoms with Crippen LogP contribution in [0.4, 0.5) is 4.79 Å². The van der Waals surface area contributed by atoms with Gasteiger partial charge >= 0.3 is 12.0 Å². The Kier molecular flexibility index (Phi) is 4.25. The SMILES string of the molecule is CN(Cc1ccncc1)C(=O)NC(C)(C)C(=O)O. The van der Waals surface area contributed by atoms with E-state index in [1.54, 1.807) is 31.6 Å². The van der Waals surface area contributed by atoms with E-state index in [0.717, 1.165) is 5.56 Å². The molecule has 0 aliphatic rings. The Balaban J connectivity index is 2.60. The number of hydrogen-bond acceptors (Lipinski definition) is 3. The summed E-state index contributed by atoms with van der Waals surface area (Å²) in [6.45, 7) is 3.27. The average molecular weight is 251 g/mol. The zero-order valence-corrected chi connectivity index (χ0v) is 10.7. The highest BCUT2D eigenvalue weighted by atomic mass is 16.4. The van der Waals surface area contributed by atoms with Crippen LogP contribution < -0.4 is 5.32 Å². The average Bonchev–Trinajstić information content (AvgIpc) is 2.29. The molecule has 0 radical (unpaired) electrons. The second-order valence-electron chi connectivity index (χ2n) is 4.57. The molecule has 0 bridgehead atoms. The lowest BCUT2D eigenvalue weighted by molar-refractivity contribution is -0.143. The summed E-state index contributed by atoms with van der Waals surface area (Å²) in [5.41, 5.74) is -0.361. The first kappa shape index (κ1) is 14.0. The summed E-state index contributed by atoms with van der Waals surface area (Å²) in [5, 5.41) is 11.4. The number of nitrogens with zero attached hydrogens (tertiary/aromatic N) is 2. The second kappa shape index (κ2) is 5.48. The van der Waals surface area contributed by atoms with Crippen molar-refractivity contribution in [2.24, 2.45) is 0 Å². The number of carboxylic acids is 1. The van der Waals surface area contributed by atoms with E-state index in [1.807, 2.05) is 0 Å². The normalized spacial score (nSPS) is 10.8. The molecule has 0 aromatic carbocycles. The van der Waals surface area contributed by atoms with E-state index in [1.165, 1.54) is 18.7 Å². The van der Waals surface area contributed by atoms with Gasteiger partial charge in [-0.2, -0.15) is 0 Å². The highest BCUT2D eigenvalue weighted by molar-refractivity contribution is 5.85. The van der Waals surface area contributed by atoms with Gasteiger partial charge in [-0.25, -0.2) is 9.59 Å². The van der Waals surface area contributed by atoms with Crippen molar-refractivity contribution in [3.8, 4) is 0 Å². The minimum atomic E-state index is -1.29. The van der Waals surface area contributed by atoms with Gasteiger partial charge in [0.15, 0.2) is 0 Å². The van der Waals surface area contributed by atoms with Crippen LogP contribution in [-0.2, 0) is 11.3 Å². The fraction of sp³-hybridized carbons (Fsp3) is 0.417. The maximum atomic E-state index is 11.8. The van der Waals surface area contributed by atoms with Crippen LogP contribution in [0.1, 0.15) is 19.4 Å². The quantitative estimate of drug-likeness (QED) is 0.839. The monoisotopic (exact) mass is 251 g/mol. The van der Waals surface area contributed by atoms with Gasteiger partial charge in [-0.1, -0.05) is 0 Å². The molecule has 6 nitrogen and oxygen atoms in total. The summed E-state index contributed by atoms with van der Waals surface area (Å²) in [6, 6.07) is 3.16.